The van der Waals surface area contributed by atoms with E-state index in [1.807, 2.05) is 88.4 Å². The maximum atomic E-state index is 14.3. The largest absolute Gasteiger partial charge is 0.497 e. The number of aromatic nitrogens is 1. The van der Waals surface area contributed by atoms with Gasteiger partial charge in [0.05, 0.1) is 36.6 Å². The lowest BCUT2D eigenvalue weighted by Gasteiger charge is -2.30. The quantitative estimate of drug-likeness (QED) is 0.214. The Morgan fingerprint density at radius 3 is 2.35 bits per heavy atom. The van der Waals surface area contributed by atoms with E-state index in [9.17, 15) is 9.59 Å². The second-order valence-corrected chi connectivity index (χ2v) is 11.6. The fourth-order valence-corrected chi connectivity index (χ4v) is 6.56. The van der Waals surface area contributed by atoms with Crippen molar-refractivity contribution in [3.8, 4) is 23.0 Å². The molecule has 0 saturated carbocycles. The lowest BCUT2D eigenvalue weighted by molar-refractivity contribution is -0.127. The molecule has 0 saturated heterocycles. The van der Waals surface area contributed by atoms with Crippen molar-refractivity contribution in [1.29, 1.82) is 0 Å². The van der Waals surface area contributed by atoms with Crippen molar-refractivity contribution in [1.82, 2.24) is 9.47 Å². The van der Waals surface area contributed by atoms with Gasteiger partial charge in [0.2, 0.25) is 0 Å². The molecule has 0 radical (unpaired) electrons. The highest BCUT2D eigenvalue weighted by atomic mass is 32.1. The summed E-state index contributed by atoms with van der Waals surface area (Å²) in [6.45, 7) is 9.49. The normalized spacial score (nSPS) is 14.4. The first-order valence-electron chi connectivity index (χ1n) is 15.3. The second-order valence-electron chi connectivity index (χ2n) is 10.6. The summed E-state index contributed by atoms with van der Waals surface area (Å²) in [7, 11) is 3.15. The van der Waals surface area contributed by atoms with Gasteiger partial charge in [0.15, 0.2) is 16.3 Å². The first-order chi connectivity index (χ1) is 22.3. The molecule has 240 valence electrons. The zero-order valence-electron chi connectivity index (χ0n) is 27.0. The summed E-state index contributed by atoms with van der Waals surface area (Å²) in [5.74, 6) is 2.14. The van der Waals surface area contributed by atoms with Crippen molar-refractivity contribution in [3.05, 3.63) is 114 Å². The minimum absolute atomic E-state index is 0.178. The smallest absolute Gasteiger partial charge is 0.271 e. The lowest BCUT2D eigenvalue weighted by atomic mass is 9.93. The molecule has 2 heterocycles. The van der Waals surface area contributed by atoms with Crippen LogP contribution in [0.15, 0.2) is 87.8 Å². The highest BCUT2D eigenvalue weighted by molar-refractivity contribution is 7.07. The molecule has 1 amide bonds. The van der Waals surface area contributed by atoms with Crippen molar-refractivity contribution in [2.45, 2.75) is 40.3 Å². The SMILES string of the molecule is CCOc1cc(/C=c2/sc3n(c2=O)[C@@H](c2cc(OC)ccc2OC)C(C(=O)N(CC)CC)=C(C)N=3)ccc1OCc1ccccc1. The fraction of sp³-hybridized carbons (Fsp3) is 0.306. The van der Waals surface area contributed by atoms with Crippen LogP contribution < -0.4 is 33.8 Å². The summed E-state index contributed by atoms with van der Waals surface area (Å²) in [5, 5.41) is 0. The predicted molar refractivity (Wildman–Crippen MR) is 180 cm³/mol. The third-order valence-electron chi connectivity index (χ3n) is 7.84. The summed E-state index contributed by atoms with van der Waals surface area (Å²) in [6, 6.07) is 20.2. The van der Waals surface area contributed by atoms with E-state index in [-0.39, 0.29) is 11.5 Å². The number of carbonyl (C=O) groups is 1. The van der Waals surface area contributed by atoms with E-state index in [0.29, 0.717) is 75.5 Å². The van der Waals surface area contributed by atoms with Crippen molar-refractivity contribution in [2.24, 2.45) is 4.99 Å². The number of ether oxygens (including phenoxy) is 4. The number of benzene rings is 3. The first-order valence-corrected chi connectivity index (χ1v) is 16.1. The van der Waals surface area contributed by atoms with E-state index in [4.69, 9.17) is 23.9 Å². The zero-order chi connectivity index (χ0) is 32.8. The molecule has 0 N–H and O–H groups in total. The van der Waals surface area contributed by atoms with Crippen molar-refractivity contribution < 1.29 is 23.7 Å². The van der Waals surface area contributed by atoms with Crippen LogP contribution in [-0.4, -0.2) is 49.3 Å². The summed E-state index contributed by atoms with van der Waals surface area (Å²) in [4.78, 5) is 35.3. The number of thiazole rings is 1. The molecule has 3 aromatic carbocycles. The Hall–Kier alpha value is -4.83. The summed E-state index contributed by atoms with van der Waals surface area (Å²) < 4.78 is 25.3. The minimum atomic E-state index is -0.774. The number of methoxy groups -OCH3 is 2. The number of allylic oxidation sites excluding steroid dienone is 1. The van der Waals surface area contributed by atoms with Crippen molar-refractivity contribution in [3.63, 3.8) is 0 Å². The van der Waals surface area contributed by atoms with Crippen LogP contribution in [0.25, 0.3) is 6.08 Å². The van der Waals surface area contributed by atoms with E-state index in [2.05, 4.69) is 0 Å². The predicted octanol–water partition coefficient (Wildman–Crippen LogP) is 5.10. The summed E-state index contributed by atoms with van der Waals surface area (Å²) >= 11 is 1.27. The number of rotatable bonds is 12. The monoisotopic (exact) mass is 641 g/mol. The maximum Gasteiger partial charge on any atom is 0.271 e. The van der Waals surface area contributed by atoms with Crippen LogP contribution >= 0.6 is 11.3 Å². The molecule has 5 rings (SSSR count). The minimum Gasteiger partial charge on any atom is -0.497 e. The van der Waals surface area contributed by atoms with Gasteiger partial charge >= 0.3 is 0 Å². The molecular weight excluding hydrogens is 602 g/mol. The molecule has 1 aliphatic heterocycles. The highest BCUT2D eigenvalue weighted by Crippen LogP contribution is 2.38. The molecular formula is C36H39N3O6S. The topological polar surface area (TPSA) is 91.6 Å². The van der Waals surface area contributed by atoms with Gasteiger partial charge in [-0.2, -0.15) is 0 Å². The van der Waals surface area contributed by atoms with Crippen LogP contribution in [0, 0.1) is 0 Å². The van der Waals surface area contributed by atoms with E-state index >= 15 is 0 Å². The number of amides is 1. The average molecular weight is 642 g/mol. The average Bonchev–Trinajstić information content (AvgIpc) is 3.38. The summed E-state index contributed by atoms with van der Waals surface area (Å²) in [6.07, 6.45) is 1.82. The first kappa shape index (κ1) is 32.6. The number of carbonyl (C=O) groups excluding carboxylic acids is 1. The van der Waals surface area contributed by atoms with Crippen molar-refractivity contribution >= 4 is 23.3 Å². The standard InChI is InChI=1S/C36H39N3O6S/c1-7-38(8-2)35(41)32-23(4)37-36-39(33(32)27-21-26(42-5)16-18-28(27)43-6)34(40)31(46-36)20-25-15-17-29(30(19-25)44-9-3)45-22-24-13-11-10-12-14-24/h10-21,33H,7-9,22H2,1-6H3/b31-20+/t33-/m0/s1. The highest BCUT2D eigenvalue weighted by Gasteiger charge is 2.36. The molecule has 0 unspecified atom stereocenters. The van der Waals surface area contributed by atoms with Crippen molar-refractivity contribution in [2.75, 3.05) is 33.9 Å². The summed E-state index contributed by atoms with van der Waals surface area (Å²) in [5.41, 5.74) is 3.17. The van der Waals surface area contributed by atoms with Crippen LogP contribution in [-0.2, 0) is 11.4 Å². The van der Waals surface area contributed by atoms with Gasteiger partial charge in [0.1, 0.15) is 24.1 Å². The third-order valence-corrected chi connectivity index (χ3v) is 8.82. The molecule has 10 heteroatoms. The van der Waals surface area contributed by atoms with Gasteiger partial charge in [-0.3, -0.25) is 14.2 Å². The molecule has 1 aromatic heterocycles. The van der Waals surface area contributed by atoms with Crippen LogP contribution in [0.2, 0.25) is 0 Å². The van der Waals surface area contributed by atoms with E-state index in [1.165, 1.54) is 11.3 Å². The van der Waals surface area contributed by atoms with E-state index in [0.717, 1.165) is 11.1 Å². The van der Waals surface area contributed by atoms with Gasteiger partial charge in [-0.1, -0.05) is 47.7 Å². The molecule has 0 bridgehead atoms. The Morgan fingerprint density at radius 1 is 0.935 bits per heavy atom. The van der Waals surface area contributed by atoms with E-state index < -0.39 is 6.04 Å². The van der Waals surface area contributed by atoms with E-state index in [1.54, 1.807) is 35.8 Å². The van der Waals surface area contributed by atoms with Crippen LogP contribution in [0.5, 0.6) is 23.0 Å². The molecule has 0 spiro atoms. The zero-order valence-corrected chi connectivity index (χ0v) is 27.8. The van der Waals surface area contributed by atoms with Gasteiger partial charge in [0.25, 0.3) is 11.5 Å². The van der Waals surface area contributed by atoms with Gasteiger partial charge in [-0.05, 0) is 75.2 Å². The molecule has 0 aliphatic carbocycles. The number of fused-ring (bicyclic) bond motifs is 1. The Morgan fingerprint density at radius 2 is 1.67 bits per heavy atom. The lowest BCUT2D eigenvalue weighted by Crippen LogP contribution is -2.43. The third kappa shape index (κ3) is 6.57. The van der Waals surface area contributed by atoms with Gasteiger partial charge in [0, 0.05) is 18.7 Å². The fourth-order valence-electron chi connectivity index (χ4n) is 5.51. The number of nitrogens with zero attached hydrogens (tertiary/aromatic N) is 3. The Bertz CT molecular complexity index is 1930. The molecule has 9 nitrogen and oxygen atoms in total. The number of hydrogen-bond donors (Lipinski definition) is 0. The van der Waals surface area contributed by atoms with Crippen LogP contribution in [0.3, 0.4) is 0 Å². The van der Waals surface area contributed by atoms with Gasteiger partial charge in [-0.15, -0.1) is 0 Å². The maximum absolute atomic E-state index is 14.3. The molecule has 4 aromatic rings. The Balaban J connectivity index is 1.63. The van der Waals surface area contributed by atoms with Gasteiger partial charge in [-0.25, -0.2) is 4.99 Å². The molecule has 1 atom stereocenters. The van der Waals surface area contributed by atoms with Gasteiger partial charge < -0.3 is 23.8 Å². The molecule has 1 aliphatic rings. The number of likely N-dealkylation sites (N-methyl/N-ethyl adjacent to an activating group) is 1. The second kappa shape index (κ2) is 14.5. The number of hydrogen-bond acceptors (Lipinski definition) is 8. The Labute approximate surface area is 272 Å². The molecule has 0 fully saturated rings. The molecule has 46 heavy (non-hydrogen) atoms. The van der Waals surface area contributed by atoms with Crippen LogP contribution in [0.1, 0.15) is 50.4 Å². The van der Waals surface area contributed by atoms with Crippen LogP contribution in [0.4, 0.5) is 0 Å². The Kier molecular flexibility index (Phi) is 10.3.